The molecule has 0 radical (unpaired) electrons. The fourth-order valence-corrected chi connectivity index (χ4v) is 4.76. The van der Waals surface area contributed by atoms with Crippen LogP contribution in [-0.2, 0) is 17.3 Å². The number of nitrogens with zero attached hydrogens (tertiary/aromatic N) is 6. The van der Waals surface area contributed by atoms with E-state index in [0.717, 1.165) is 48.7 Å². The highest BCUT2D eigenvalue weighted by Gasteiger charge is 2.50. The summed E-state index contributed by atoms with van der Waals surface area (Å²) in [7, 11) is 1.96. The van der Waals surface area contributed by atoms with E-state index in [4.69, 9.17) is 4.98 Å². The monoisotopic (exact) mass is 407 g/mol. The van der Waals surface area contributed by atoms with Crippen molar-refractivity contribution in [1.82, 2.24) is 24.7 Å². The Kier molecular flexibility index (Phi) is 5.17. The highest BCUT2D eigenvalue weighted by Crippen LogP contribution is 2.51. The van der Waals surface area contributed by atoms with Gasteiger partial charge >= 0.3 is 0 Å². The average molecular weight is 408 g/mol. The summed E-state index contributed by atoms with van der Waals surface area (Å²) in [6.45, 7) is 11.4. The second-order valence-corrected chi connectivity index (χ2v) is 8.30. The number of aryl methyl sites for hydroxylation is 1. The zero-order valence-electron chi connectivity index (χ0n) is 18.1. The van der Waals surface area contributed by atoms with Gasteiger partial charge in [-0.25, -0.2) is 4.98 Å². The Labute approximate surface area is 177 Å². The molecule has 1 N–H and O–H groups in total. The van der Waals surface area contributed by atoms with Gasteiger partial charge in [-0.1, -0.05) is 26.5 Å². The van der Waals surface area contributed by atoms with Crippen LogP contribution in [0.2, 0.25) is 0 Å². The number of carbonyl (C=O) groups is 1. The van der Waals surface area contributed by atoms with Crippen molar-refractivity contribution in [1.29, 1.82) is 0 Å². The highest BCUT2D eigenvalue weighted by molar-refractivity contribution is 6.10. The third kappa shape index (κ3) is 3.11. The van der Waals surface area contributed by atoms with Crippen LogP contribution in [-0.4, -0.2) is 43.7 Å². The summed E-state index contributed by atoms with van der Waals surface area (Å²) in [5.74, 6) is 2.53. The molecule has 2 aliphatic rings. The zero-order chi connectivity index (χ0) is 21.5. The minimum atomic E-state index is -0.322. The second kappa shape index (κ2) is 7.66. The summed E-state index contributed by atoms with van der Waals surface area (Å²) in [6, 6.07) is 2.00. The molecule has 3 heterocycles. The van der Waals surface area contributed by atoms with Gasteiger partial charge in [0.05, 0.1) is 17.7 Å². The van der Waals surface area contributed by atoms with E-state index in [2.05, 4.69) is 40.9 Å². The summed E-state index contributed by atoms with van der Waals surface area (Å²) in [4.78, 5) is 24.3. The van der Waals surface area contributed by atoms with Crippen LogP contribution in [0.4, 0.5) is 11.8 Å². The SMILES string of the molecule is C=CC1=C(CC)CN(c2nc(NCC)cc(C3(c4nncn4C)CC(C)C3)n2)C1=O. The van der Waals surface area contributed by atoms with E-state index in [1.165, 1.54) is 0 Å². The first kappa shape index (κ1) is 20.3. The van der Waals surface area contributed by atoms with Crippen LogP contribution >= 0.6 is 0 Å². The molecule has 1 aliphatic heterocycles. The Hall–Kier alpha value is -3.03. The lowest BCUT2D eigenvalue weighted by Crippen LogP contribution is -2.44. The Morgan fingerprint density at radius 2 is 2.10 bits per heavy atom. The van der Waals surface area contributed by atoms with Crippen LogP contribution in [0.5, 0.6) is 0 Å². The average Bonchev–Trinajstić information content (AvgIpc) is 3.28. The Morgan fingerprint density at radius 1 is 1.33 bits per heavy atom. The number of amides is 1. The third-order valence-electron chi connectivity index (χ3n) is 6.17. The van der Waals surface area contributed by atoms with Crippen molar-refractivity contribution in [3.05, 3.63) is 47.7 Å². The molecule has 8 heteroatoms. The van der Waals surface area contributed by atoms with Crippen molar-refractivity contribution < 1.29 is 4.79 Å². The van der Waals surface area contributed by atoms with Crippen molar-refractivity contribution in [2.45, 2.75) is 45.4 Å². The number of anilines is 2. The van der Waals surface area contributed by atoms with E-state index >= 15 is 0 Å². The number of hydrogen-bond acceptors (Lipinski definition) is 6. The topological polar surface area (TPSA) is 88.8 Å². The first-order chi connectivity index (χ1) is 14.4. The maximum Gasteiger partial charge on any atom is 0.260 e. The predicted molar refractivity (Wildman–Crippen MR) is 116 cm³/mol. The molecular weight excluding hydrogens is 378 g/mol. The Balaban J connectivity index is 1.81. The van der Waals surface area contributed by atoms with Gasteiger partial charge in [0.2, 0.25) is 5.95 Å². The van der Waals surface area contributed by atoms with Crippen molar-refractivity contribution in [2.75, 3.05) is 23.3 Å². The molecule has 0 atom stereocenters. The van der Waals surface area contributed by atoms with Crippen molar-refractivity contribution >= 4 is 17.7 Å². The van der Waals surface area contributed by atoms with Gasteiger partial charge in [-0.15, -0.1) is 10.2 Å². The van der Waals surface area contributed by atoms with Crippen LogP contribution in [0, 0.1) is 5.92 Å². The van der Waals surface area contributed by atoms with Gasteiger partial charge in [0.1, 0.15) is 18.0 Å². The standard InChI is InChI=1S/C22H29N7O/c1-6-15-12-29(19(30)16(15)7-2)21-25-17(9-18(26-21)23-8-3)22(10-14(4)11-22)20-27-24-13-28(20)5/h7,9,13-14H,2,6,8,10-12H2,1,3-5H3,(H,23,25,26). The molecule has 0 unspecified atom stereocenters. The lowest BCUT2D eigenvalue weighted by atomic mass is 9.60. The van der Waals surface area contributed by atoms with Gasteiger partial charge in [0.15, 0.2) is 0 Å². The van der Waals surface area contributed by atoms with Gasteiger partial charge in [-0.3, -0.25) is 9.69 Å². The smallest absolute Gasteiger partial charge is 0.260 e. The number of nitrogens with one attached hydrogen (secondary N) is 1. The summed E-state index contributed by atoms with van der Waals surface area (Å²) in [5, 5.41) is 11.8. The Morgan fingerprint density at radius 3 is 2.63 bits per heavy atom. The molecular formula is C22H29N7O. The van der Waals surface area contributed by atoms with Crippen LogP contribution in [0.15, 0.2) is 36.2 Å². The first-order valence-electron chi connectivity index (χ1n) is 10.6. The molecule has 0 saturated heterocycles. The number of rotatable bonds is 7. The molecule has 158 valence electrons. The van der Waals surface area contributed by atoms with Crippen molar-refractivity contribution in [3.63, 3.8) is 0 Å². The molecule has 0 spiro atoms. The molecule has 1 amide bonds. The number of aromatic nitrogens is 5. The second-order valence-electron chi connectivity index (χ2n) is 8.30. The molecule has 4 rings (SSSR count). The molecule has 0 aromatic carbocycles. The minimum absolute atomic E-state index is 0.0869. The van der Waals surface area contributed by atoms with Crippen molar-refractivity contribution in [3.8, 4) is 0 Å². The van der Waals surface area contributed by atoms with Gasteiger partial charge in [-0.2, -0.15) is 4.98 Å². The van der Waals surface area contributed by atoms with Crippen LogP contribution in [0.25, 0.3) is 0 Å². The normalized spacial score (nSPS) is 23.7. The lowest BCUT2D eigenvalue weighted by molar-refractivity contribution is -0.114. The van der Waals surface area contributed by atoms with Gasteiger partial charge in [0.25, 0.3) is 5.91 Å². The van der Waals surface area contributed by atoms with Crippen LogP contribution in [0.3, 0.4) is 0 Å². The van der Waals surface area contributed by atoms with Gasteiger partial charge in [0, 0.05) is 25.2 Å². The van der Waals surface area contributed by atoms with Crippen LogP contribution in [0.1, 0.15) is 51.6 Å². The van der Waals surface area contributed by atoms with Crippen molar-refractivity contribution in [2.24, 2.45) is 13.0 Å². The van der Waals surface area contributed by atoms with Gasteiger partial charge in [-0.05, 0) is 37.7 Å². The minimum Gasteiger partial charge on any atom is -0.370 e. The van der Waals surface area contributed by atoms with E-state index in [1.54, 1.807) is 17.3 Å². The van der Waals surface area contributed by atoms with E-state index < -0.39 is 0 Å². The summed E-state index contributed by atoms with van der Waals surface area (Å²) in [5.41, 5.74) is 2.29. The summed E-state index contributed by atoms with van der Waals surface area (Å²) in [6.07, 6.45) is 6.04. The molecule has 1 aliphatic carbocycles. The molecule has 0 bridgehead atoms. The highest BCUT2D eigenvalue weighted by atomic mass is 16.2. The first-order valence-corrected chi connectivity index (χ1v) is 10.6. The van der Waals surface area contributed by atoms with E-state index in [1.807, 2.05) is 24.6 Å². The van der Waals surface area contributed by atoms with E-state index in [-0.39, 0.29) is 11.3 Å². The zero-order valence-corrected chi connectivity index (χ0v) is 18.1. The number of hydrogen-bond donors (Lipinski definition) is 1. The molecule has 8 nitrogen and oxygen atoms in total. The molecule has 1 fully saturated rings. The fraction of sp³-hybridized carbons (Fsp3) is 0.500. The summed E-state index contributed by atoms with van der Waals surface area (Å²) < 4.78 is 1.97. The largest absolute Gasteiger partial charge is 0.370 e. The predicted octanol–water partition coefficient (Wildman–Crippen LogP) is 2.99. The Bertz CT molecular complexity index is 1020. The third-order valence-corrected chi connectivity index (χ3v) is 6.17. The van der Waals surface area contributed by atoms with E-state index in [0.29, 0.717) is 24.0 Å². The fourth-order valence-electron chi connectivity index (χ4n) is 4.76. The molecule has 2 aromatic heterocycles. The van der Waals surface area contributed by atoms with Gasteiger partial charge < -0.3 is 9.88 Å². The van der Waals surface area contributed by atoms with E-state index in [9.17, 15) is 4.79 Å². The molecule has 2 aromatic rings. The quantitative estimate of drug-likeness (QED) is 0.759. The maximum atomic E-state index is 13.0. The maximum absolute atomic E-state index is 13.0. The molecule has 1 saturated carbocycles. The lowest BCUT2D eigenvalue weighted by Gasteiger charge is -2.45. The van der Waals surface area contributed by atoms with Crippen LogP contribution < -0.4 is 10.2 Å². The molecule has 30 heavy (non-hydrogen) atoms. The summed E-state index contributed by atoms with van der Waals surface area (Å²) >= 11 is 0. The number of carbonyl (C=O) groups excluding carboxylic acids is 1.